The fraction of sp³-hybridized carbons (Fsp3) is 0.235. The molecule has 1 atom stereocenters. The normalized spacial score (nSPS) is 14.5. The average molecular weight is 593 g/mol. The summed E-state index contributed by atoms with van der Waals surface area (Å²) in [6, 6.07) is 23.7. The van der Waals surface area contributed by atoms with Gasteiger partial charge in [-0.15, -0.1) is 0 Å². The van der Waals surface area contributed by atoms with Crippen LogP contribution < -0.4 is 24.4 Å². The van der Waals surface area contributed by atoms with Gasteiger partial charge in [0.05, 0.1) is 34.5 Å². The molecule has 0 radical (unpaired) electrons. The van der Waals surface area contributed by atoms with Crippen molar-refractivity contribution >= 4 is 23.3 Å². The van der Waals surface area contributed by atoms with Gasteiger partial charge in [-0.05, 0) is 68.3 Å². The number of rotatable bonds is 9. The molecule has 0 saturated heterocycles. The minimum Gasteiger partial charge on any atom is -0.496 e. The first-order valence-electron chi connectivity index (χ1n) is 14.0. The Balaban J connectivity index is 1.51. The first-order valence-corrected chi connectivity index (χ1v) is 14.9. The van der Waals surface area contributed by atoms with E-state index in [1.807, 2.05) is 87.5 Å². The van der Waals surface area contributed by atoms with Crippen molar-refractivity contribution in [3.8, 4) is 17.6 Å². The van der Waals surface area contributed by atoms with Crippen LogP contribution in [0.15, 0.2) is 93.9 Å². The molecule has 218 valence electrons. The zero-order valence-electron chi connectivity index (χ0n) is 24.5. The van der Waals surface area contributed by atoms with E-state index in [-0.39, 0.29) is 11.5 Å². The zero-order valence-corrected chi connectivity index (χ0v) is 25.4. The van der Waals surface area contributed by atoms with Crippen LogP contribution in [0.25, 0.3) is 6.08 Å². The Morgan fingerprint density at radius 3 is 2.42 bits per heavy atom. The molecule has 1 amide bonds. The molecule has 3 aromatic carbocycles. The Morgan fingerprint density at radius 1 is 1.07 bits per heavy atom. The van der Waals surface area contributed by atoms with Crippen LogP contribution in [0.1, 0.15) is 49.1 Å². The summed E-state index contributed by atoms with van der Waals surface area (Å²) >= 11 is 1.29. The number of allylic oxidation sites excluding steroid dienone is 1. The SMILES string of the molecule is CCN(CC)C(=O)C1=C(C)N=c2s/c(=C/c3ccc(OCc4ccc(C#N)cc4)cc3)c(=O)n2[C@H]1c1ccccc1OC. The van der Waals surface area contributed by atoms with Crippen LogP contribution in [-0.4, -0.2) is 35.6 Å². The summed E-state index contributed by atoms with van der Waals surface area (Å²) in [5.74, 6) is 1.14. The molecule has 0 unspecified atom stereocenters. The number of amides is 1. The maximum absolute atomic E-state index is 14.0. The van der Waals surface area contributed by atoms with E-state index in [1.54, 1.807) is 28.7 Å². The summed E-state index contributed by atoms with van der Waals surface area (Å²) in [6.45, 7) is 7.17. The molecule has 8 nitrogen and oxygen atoms in total. The molecular formula is C34H32N4O4S. The van der Waals surface area contributed by atoms with E-state index in [1.165, 1.54) is 11.3 Å². The quantitative estimate of drug-likeness (QED) is 0.284. The van der Waals surface area contributed by atoms with Crippen LogP contribution in [0, 0.1) is 11.3 Å². The standard InChI is InChI=1S/C34H32N4O4S/c1-5-37(6-2)33(40)30-22(3)36-34-38(31(30)27-9-7-8-10-28(27)41-4)32(39)29(43-34)19-23-15-17-26(18-16-23)42-21-25-13-11-24(20-35)12-14-25/h7-19,31H,5-6,21H2,1-4H3/b29-19+/t31-/m0/s1. The lowest BCUT2D eigenvalue weighted by Crippen LogP contribution is -2.43. The van der Waals surface area contributed by atoms with E-state index in [9.17, 15) is 9.59 Å². The van der Waals surface area contributed by atoms with E-state index in [2.05, 4.69) is 6.07 Å². The third-order valence-corrected chi connectivity index (χ3v) is 8.39. The minimum atomic E-state index is -0.680. The zero-order chi connectivity index (χ0) is 30.5. The molecule has 0 bridgehead atoms. The highest BCUT2D eigenvalue weighted by Gasteiger charge is 2.35. The van der Waals surface area contributed by atoms with Crippen LogP contribution in [0.4, 0.5) is 0 Å². The number of hydrogen-bond donors (Lipinski definition) is 0. The van der Waals surface area contributed by atoms with E-state index in [0.717, 1.165) is 16.7 Å². The number of carbonyl (C=O) groups excluding carboxylic acids is 1. The number of ether oxygens (including phenoxy) is 2. The van der Waals surface area contributed by atoms with Gasteiger partial charge in [0.15, 0.2) is 4.80 Å². The molecule has 2 heterocycles. The summed E-state index contributed by atoms with van der Waals surface area (Å²) < 4.78 is 13.7. The first-order chi connectivity index (χ1) is 20.9. The monoisotopic (exact) mass is 592 g/mol. The van der Waals surface area contributed by atoms with Crippen molar-refractivity contribution in [1.82, 2.24) is 9.47 Å². The topological polar surface area (TPSA) is 96.9 Å². The number of likely N-dealkylation sites (N-methyl/N-ethyl adjacent to an activating group) is 1. The van der Waals surface area contributed by atoms with E-state index < -0.39 is 6.04 Å². The Morgan fingerprint density at radius 2 is 1.77 bits per heavy atom. The molecule has 0 fully saturated rings. The van der Waals surface area contributed by atoms with Gasteiger partial charge in [0.2, 0.25) is 0 Å². The number of carbonyl (C=O) groups is 1. The van der Waals surface area contributed by atoms with E-state index in [4.69, 9.17) is 19.7 Å². The highest BCUT2D eigenvalue weighted by atomic mass is 32.1. The predicted molar refractivity (Wildman–Crippen MR) is 167 cm³/mol. The fourth-order valence-corrected chi connectivity index (χ4v) is 6.16. The molecule has 1 aliphatic heterocycles. The molecule has 43 heavy (non-hydrogen) atoms. The second-order valence-electron chi connectivity index (χ2n) is 9.97. The molecule has 9 heteroatoms. The lowest BCUT2D eigenvalue weighted by molar-refractivity contribution is -0.127. The van der Waals surface area contributed by atoms with Crippen molar-refractivity contribution in [3.05, 3.63) is 126 Å². The minimum absolute atomic E-state index is 0.145. The smallest absolute Gasteiger partial charge is 0.271 e. The second-order valence-corrected chi connectivity index (χ2v) is 11.0. The van der Waals surface area contributed by atoms with Crippen molar-refractivity contribution < 1.29 is 14.3 Å². The van der Waals surface area contributed by atoms with Gasteiger partial charge < -0.3 is 14.4 Å². The third kappa shape index (κ3) is 6.01. The number of para-hydroxylation sites is 1. The number of benzene rings is 3. The molecule has 5 rings (SSSR count). The number of thiazole rings is 1. The Bertz CT molecular complexity index is 1890. The van der Waals surface area contributed by atoms with Gasteiger partial charge in [0, 0.05) is 18.7 Å². The van der Waals surface area contributed by atoms with Crippen LogP contribution in [0.5, 0.6) is 11.5 Å². The van der Waals surface area contributed by atoms with E-state index in [0.29, 0.717) is 57.4 Å². The van der Waals surface area contributed by atoms with Gasteiger partial charge in [0.1, 0.15) is 24.1 Å². The molecular weight excluding hydrogens is 560 g/mol. The Labute approximate surface area is 254 Å². The first kappa shape index (κ1) is 29.5. The lowest BCUT2D eigenvalue weighted by Gasteiger charge is -2.29. The molecule has 0 aliphatic carbocycles. The number of methoxy groups -OCH3 is 1. The highest BCUT2D eigenvalue weighted by Crippen LogP contribution is 2.36. The van der Waals surface area contributed by atoms with Crippen molar-refractivity contribution in [1.29, 1.82) is 5.26 Å². The third-order valence-electron chi connectivity index (χ3n) is 7.40. The number of hydrogen-bond acceptors (Lipinski definition) is 7. The van der Waals surface area contributed by atoms with Gasteiger partial charge in [-0.3, -0.25) is 14.2 Å². The Kier molecular flexibility index (Phi) is 8.88. The maximum Gasteiger partial charge on any atom is 0.271 e. The molecule has 0 spiro atoms. The summed E-state index contributed by atoms with van der Waals surface area (Å²) in [6.07, 6.45) is 1.83. The summed E-state index contributed by atoms with van der Waals surface area (Å²) in [7, 11) is 1.59. The van der Waals surface area contributed by atoms with Crippen molar-refractivity contribution in [2.75, 3.05) is 20.2 Å². The number of aromatic nitrogens is 1. The summed E-state index contributed by atoms with van der Waals surface area (Å²) in [5, 5.41) is 8.97. The Hall–Kier alpha value is -4.94. The van der Waals surface area contributed by atoms with E-state index >= 15 is 0 Å². The van der Waals surface area contributed by atoms with Gasteiger partial charge in [-0.2, -0.15) is 5.26 Å². The fourth-order valence-electron chi connectivity index (χ4n) is 5.12. The number of fused-ring (bicyclic) bond motifs is 1. The predicted octanol–water partition coefficient (Wildman–Crippen LogP) is 4.56. The van der Waals surface area contributed by atoms with Gasteiger partial charge >= 0.3 is 0 Å². The molecule has 4 aromatic rings. The lowest BCUT2D eigenvalue weighted by atomic mass is 9.94. The van der Waals surface area contributed by atoms with Crippen LogP contribution in [0.2, 0.25) is 0 Å². The number of nitriles is 1. The summed E-state index contributed by atoms with van der Waals surface area (Å²) in [5.41, 5.74) is 3.96. The van der Waals surface area contributed by atoms with Gasteiger partial charge in [-0.25, -0.2) is 4.99 Å². The maximum atomic E-state index is 14.0. The number of nitrogens with zero attached hydrogens (tertiary/aromatic N) is 4. The molecule has 1 aliphatic rings. The van der Waals surface area contributed by atoms with Gasteiger partial charge in [0.25, 0.3) is 11.5 Å². The molecule has 0 N–H and O–H groups in total. The molecule has 0 saturated carbocycles. The highest BCUT2D eigenvalue weighted by molar-refractivity contribution is 7.07. The van der Waals surface area contributed by atoms with Gasteiger partial charge in [-0.1, -0.05) is 53.8 Å². The molecule has 1 aromatic heterocycles. The van der Waals surface area contributed by atoms with Crippen molar-refractivity contribution in [2.45, 2.75) is 33.4 Å². The summed E-state index contributed by atoms with van der Waals surface area (Å²) in [4.78, 5) is 34.8. The largest absolute Gasteiger partial charge is 0.496 e. The van der Waals surface area contributed by atoms with Crippen LogP contribution in [0.3, 0.4) is 0 Å². The average Bonchev–Trinajstić information content (AvgIpc) is 3.34. The van der Waals surface area contributed by atoms with Crippen molar-refractivity contribution in [3.63, 3.8) is 0 Å². The van der Waals surface area contributed by atoms with Crippen LogP contribution in [-0.2, 0) is 11.4 Å². The second kappa shape index (κ2) is 12.9. The van der Waals surface area contributed by atoms with Crippen LogP contribution >= 0.6 is 11.3 Å². The van der Waals surface area contributed by atoms with Crippen molar-refractivity contribution in [2.24, 2.45) is 4.99 Å².